The first-order chi connectivity index (χ1) is 8.32. The summed E-state index contributed by atoms with van der Waals surface area (Å²) in [7, 11) is 2.66. The molecule has 18 heavy (non-hydrogen) atoms. The van der Waals surface area contributed by atoms with Crippen molar-refractivity contribution in [2.75, 3.05) is 20.6 Å². The van der Waals surface area contributed by atoms with Gasteiger partial charge in [0, 0.05) is 20.5 Å². The second-order valence-electron chi connectivity index (χ2n) is 4.08. The molecule has 1 rings (SSSR count). The van der Waals surface area contributed by atoms with E-state index in [9.17, 15) is 19.2 Å². The molecule has 1 fully saturated rings. The SMILES string of the molecule is CN(CC(=O)O)C(=O)NC1CCC(=O)N(C)C1=O. The molecule has 0 radical (unpaired) electrons. The minimum absolute atomic E-state index is 0.176. The van der Waals surface area contributed by atoms with Gasteiger partial charge in [-0.15, -0.1) is 0 Å². The predicted octanol–water partition coefficient (Wildman–Crippen LogP) is -1.14. The number of piperidine rings is 1. The van der Waals surface area contributed by atoms with Gasteiger partial charge >= 0.3 is 12.0 Å². The Labute approximate surface area is 104 Å². The second-order valence-corrected chi connectivity index (χ2v) is 4.08. The van der Waals surface area contributed by atoms with Gasteiger partial charge in [-0.1, -0.05) is 0 Å². The molecule has 0 bridgehead atoms. The lowest BCUT2D eigenvalue weighted by atomic mass is 10.1. The van der Waals surface area contributed by atoms with Crippen molar-refractivity contribution in [3.05, 3.63) is 0 Å². The maximum atomic E-state index is 11.7. The monoisotopic (exact) mass is 257 g/mol. The number of carboxylic acids is 1. The molecule has 0 saturated carbocycles. The highest BCUT2D eigenvalue weighted by atomic mass is 16.4. The molecular formula is C10H15N3O5. The molecule has 1 saturated heterocycles. The van der Waals surface area contributed by atoms with E-state index in [1.807, 2.05) is 0 Å². The summed E-state index contributed by atoms with van der Waals surface area (Å²) in [6.45, 7) is -0.457. The van der Waals surface area contributed by atoms with Gasteiger partial charge in [0.15, 0.2) is 0 Å². The first-order valence-corrected chi connectivity index (χ1v) is 5.36. The number of hydrogen-bond donors (Lipinski definition) is 2. The van der Waals surface area contributed by atoms with E-state index in [4.69, 9.17) is 5.11 Å². The van der Waals surface area contributed by atoms with Gasteiger partial charge in [-0.2, -0.15) is 0 Å². The highest BCUT2D eigenvalue weighted by Gasteiger charge is 2.33. The molecule has 0 aromatic heterocycles. The normalized spacial score (nSPS) is 19.7. The zero-order valence-electron chi connectivity index (χ0n) is 10.2. The van der Waals surface area contributed by atoms with E-state index in [1.165, 1.54) is 14.1 Å². The molecule has 0 aromatic rings. The van der Waals surface area contributed by atoms with Crippen molar-refractivity contribution in [1.29, 1.82) is 0 Å². The number of urea groups is 1. The average Bonchev–Trinajstić information content (AvgIpc) is 2.29. The molecule has 0 aromatic carbocycles. The van der Waals surface area contributed by atoms with Gasteiger partial charge in [0.1, 0.15) is 12.6 Å². The number of nitrogens with one attached hydrogen (secondary N) is 1. The maximum Gasteiger partial charge on any atom is 0.323 e. The molecule has 0 aliphatic carbocycles. The van der Waals surface area contributed by atoms with Crippen LogP contribution in [-0.4, -0.2) is 65.4 Å². The number of carbonyl (C=O) groups is 4. The number of aliphatic carboxylic acids is 1. The van der Waals surface area contributed by atoms with Crippen LogP contribution in [0.5, 0.6) is 0 Å². The van der Waals surface area contributed by atoms with Crippen molar-refractivity contribution in [3.63, 3.8) is 0 Å². The lowest BCUT2D eigenvalue weighted by molar-refractivity contribution is -0.147. The van der Waals surface area contributed by atoms with Crippen molar-refractivity contribution >= 4 is 23.8 Å². The van der Waals surface area contributed by atoms with Crippen molar-refractivity contribution in [2.45, 2.75) is 18.9 Å². The van der Waals surface area contributed by atoms with Crippen LogP contribution in [0.3, 0.4) is 0 Å². The third-order valence-corrected chi connectivity index (χ3v) is 2.67. The van der Waals surface area contributed by atoms with Crippen LogP contribution < -0.4 is 5.32 Å². The largest absolute Gasteiger partial charge is 0.480 e. The second kappa shape index (κ2) is 5.48. The summed E-state index contributed by atoms with van der Waals surface area (Å²) in [6.07, 6.45) is 0.407. The van der Waals surface area contributed by atoms with Crippen molar-refractivity contribution < 1.29 is 24.3 Å². The Morgan fingerprint density at radius 2 is 2.11 bits per heavy atom. The molecule has 1 aliphatic heterocycles. The van der Waals surface area contributed by atoms with E-state index in [2.05, 4.69) is 5.32 Å². The first-order valence-electron chi connectivity index (χ1n) is 5.36. The van der Waals surface area contributed by atoms with E-state index in [-0.39, 0.29) is 18.7 Å². The van der Waals surface area contributed by atoms with Crippen LogP contribution in [0.25, 0.3) is 0 Å². The summed E-state index contributed by atoms with van der Waals surface area (Å²) >= 11 is 0. The average molecular weight is 257 g/mol. The van der Waals surface area contributed by atoms with Gasteiger partial charge in [0.05, 0.1) is 0 Å². The summed E-state index contributed by atoms with van der Waals surface area (Å²) in [5.74, 6) is -1.91. The van der Waals surface area contributed by atoms with Gasteiger partial charge in [-0.25, -0.2) is 4.79 Å². The lowest BCUT2D eigenvalue weighted by Gasteiger charge is -2.29. The van der Waals surface area contributed by atoms with Gasteiger partial charge in [-0.05, 0) is 6.42 Å². The summed E-state index contributed by atoms with van der Waals surface area (Å²) in [6, 6.07) is -1.44. The molecule has 1 aliphatic rings. The molecule has 4 amide bonds. The number of imide groups is 1. The quantitative estimate of drug-likeness (QED) is 0.621. The third-order valence-electron chi connectivity index (χ3n) is 2.67. The highest BCUT2D eigenvalue weighted by Crippen LogP contribution is 2.11. The minimum Gasteiger partial charge on any atom is -0.480 e. The number of likely N-dealkylation sites (tertiary alicyclic amines) is 1. The van der Waals surface area contributed by atoms with Crippen LogP contribution in [0.1, 0.15) is 12.8 Å². The molecule has 2 N–H and O–H groups in total. The summed E-state index contributed by atoms with van der Waals surface area (Å²) in [5.41, 5.74) is 0. The Balaban J connectivity index is 2.57. The van der Waals surface area contributed by atoms with Gasteiger partial charge in [-0.3, -0.25) is 19.3 Å². The minimum atomic E-state index is -1.14. The fraction of sp³-hybridized carbons (Fsp3) is 0.600. The van der Waals surface area contributed by atoms with Crippen LogP contribution in [0.4, 0.5) is 4.79 Å². The van der Waals surface area contributed by atoms with Crippen LogP contribution >= 0.6 is 0 Å². The van der Waals surface area contributed by atoms with E-state index >= 15 is 0 Å². The molecule has 8 heteroatoms. The number of nitrogens with zero attached hydrogens (tertiary/aromatic N) is 2. The number of likely N-dealkylation sites (N-methyl/N-ethyl adjacent to an activating group) is 2. The Bertz CT molecular complexity index is 395. The maximum absolute atomic E-state index is 11.7. The lowest BCUT2D eigenvalue weighted by Crippen LogP contribution is -2.55. The molecule has 1 heterocycles. The zero-order valence-corrected chi connectivity index (χ0v) is 10.2. The van der Waals surface area contributed by atoms with E-state index in [0.717, 1.165) is 9.80 Å². The van der Waals surface area contributed by atoms with Crippen LogP contribution in [0.2, 0.25) is 0 Å². The van der Waals surface area contributed by atoms with Crippen molar-refractivity contribution in [2.24, 2.45) is 0 Å². The zero-order chi connectivity index (χ0) is 13.9. The molecule has 1 atom stereocenters. The molecule has 0 spiro atoms. The number of carbonyl (C=O) groups excluding carboxylic acids is 3. The van der Waals surface area contributed by atoms with Crippen LogP contribution in [-0.2, 0) is 14.4 Å². The van der Waals surface area contributed by atoms with Crippen molar-refractivity contribution in [3.8, 4) is 0 Å². The Morgan fingerprint density at radius 3 is 2.67 bits per heavy atom. The topological polar surface area (TPSA) is 107 Å². The number of rotatable bonds is 3. The first kappa shape index (κ1) is 13.9. The Kier molecular flexibility index (Phi) is 4.24. The molecule has 1 unspecified atom stereocenters. The number of carboxylic acid groups (broad SMARTS) is 1. The molecule has 8 nitrogen and oxygen atoms in total. The van der Waals surface area contributed by atoms with E-state index in [1.54, 1.807) is 0 Å². The Hall–Kier alpha value is -2.12. The summed E-state index contributed by atoms with van der Waals surface area (Å²) in [4.78, 5) is 46.8. The van der Waals surface area contributed by atoms with Gasteiger partial charge in [0.25, 0.3) is 5.91 Å². The van der Waals surface area contributed by atoms with Gasteiger partial charge < -0.3 is 15.3 Å². The number of hydrogen-bond acceptors (Lipinski definition) is 4. The van der Waals surface area contributed by atoms with E-state index < -0.39 is 30.5 Å². The van der Waals surface area contributed by atoms with Crippen LogP contribution in [0.15, 0.2) is 0 Å². The van der Waals surface area contributed by atoms with Crippen molar-refractivity contribution in [1.82, 2.24) is 15.1 Å². The van der Waals surface area contributed by atoms with Crippen LogP contribution in [0, 0.1) is 0 Å². The van der Waals surface area contributed by atoms with E-state index in [0.29, 0.717) is 0 Å². The number of amides is 4. The molecule has 100 valence electrons. The fourth-order valence-corrected chi connectivity index (χ4v) is 1.58. The Morgan fingerprint density at radius 1 is 1.50 bits per heavy atom. The summed E-state index contributed by atoms with van der Waals surface area (Å²) < 4.78 is 0. The summed E-state index contributed by atoms with van der Waals surface area (Å²) in [5, 5.41) is 10.9. The predicted molar refractivity (Wildman–Crippen MR) is 59.6 cm³/mol. The van der Waals surface area contributed by atoms with Gasteiger partial charge in [0.2, 0.25) is 5.91 Å². The standard InChI is InChI=1S/C10H15N3O5/c1-12(5-8(15)16)10(18)11-6-3-4-7(14)13(2)9(6)17/h6H,3-5H2,1-2H3,(H,11,18)(H,15,16). The highest BCUT2D eigenvalue weighted by molar-refractivity contribution is 6.01. The smallest absolute Gasteiger partial charge is 0.323 e. The molecular weight excluding hydrogens is 242 g/mol. The third kappa shape index (κ3) is 3.19. The fourth-order valence-electron chi connectivity index (χ4n) is 1.58.